The molecule has 23 heavy (non-hydrogen) atoms. The van der Waals surface area contributed by atoms with E-state index in [9.17, 15) is 17.6 Å². The summed E-state index contributed by atoms with van der Waals surface area (Å²) in [5.41, 5.74) is 0.576. The van der Waals surface area contributed by atoms with E-state index in [1.807, 2.05) is 0 Å². The van der Waals surface area contributed by atoms with E-state index in [4.69, 9.17) is 5.26 Å². The lowest BCUT2D eigenvalue weighted by atomic mass is 10.2. The van der Waals surface area contributed by atoms with Crippen molar-refractivity contribution in [3.63, 3.8) is 0 Å². The molecule has 2 aliphatic heterocycles. The van der Waals surface area contributed by atoms with Crippen LogP contribution in [0.5, 0.6) is 0 Å². The van der Waals surface area contributed by atoms with Crippen LogP contribution in [0.15, 0.2) is 29.3 Å². The van der Waals surface area contributed by atoms with Crippen LogP contribution in [-0.4, -0.2) is 42.3 Å². The fourth-order valence-corrected chi connectivity index (χ4v) is 6.61. The maximum Gasteiger partial charge on any atom is 0.262 e. The summed E-state index contributed by atoms with van der Waals surface area (Å²) in [6.45, 7) is 0. The number of hydrogen-bond donors (Lipinski definition) is 0. The normalized spacial score (nSPS) is 27.0. The summed E-state index contributed by atoms with van der Waals surface area (Å²) in [6, 6.07) is 6.98. The van der Waals surface area contributed by atoms with Crippen molar-refractivity contribution in [2.75, 3.05) is 16.4 Å². The molecule has 0 aliphatic carbocycles. The van der Waals surface area contributed by atoms with Crippen molar-refractivity contribution in [3.05, 3.63) is 30.1 Å². The lowest BCUT2D eigenvalue weighted by Gasteiger charge is -2.24. The summed E-state index contributed by atoms with van der Waals surface area (Å²) in [4.78, 5) is 17.2. The molecule has 0 spiro atoms. The number of anilines is 1. The molecule has 1 aromatic rings. The highest BCUT2D eigenvalue weighted by Crippen LogP contribution is 2.40. The molecule has 3 rings (SSSR count). The van der Waals surface area contributed by atoms with Crippen molar-refractivity contribution in [2.24, 2.45) is 4.99 Å². The van der Waals surface area contributed by atoms with Crippen molar-refractivity contribution in [2.45, 2.75) is 17.7 Å². The summed E-state index contributed by atoms with van der Waals surface area (Å²) >= 11 is 1.22. The predicted octanol–water partition coefficient (Wildman–Crippen LogP) is 1.34. The van der Waals surface area contributed by atoms with Crippen LogP contribution in [0.3, 0.4) is 0 Å². The number of rotatable bonds is 2. The number of benzene rings is 1. The van der Waals surface area contributed by atoms with Crippen LogP contribution in [0.25, 0.3) is 0 Å². The van der Waals surface area contributed by atoms with Crippen LogP contribution in [0, 0.1) is 17.1 Å². The molecular formula is C14H12FN3O3S2. The first kappa shape index (κ1) is 16.0. The van der Waals surface area contributed by atoms with Gasteiger partial charge in [0, 0.05) is 10.9 Å². The summed E-state index contributed by atoms with van der Waals surface area (Å²) in [6.07, 6.45) is -0.338. The van der Waals surface area contributed by atoms with Gasteiger partial charge in [0.15, 0.2) is 15.0 Å². The molecule has 0 bridgehead atoms. The Morgan fingerprint density at radius 1 is 1.39 bits per heavy atom. The highest BCUT2D eigenvalue weighted by atomic mass is 32.2. The van der Waals surface area contributed by atoms with Gasteiger partial charge in [-0.15, -0.1) is 0 Å². The SMILES string of the molecule is N#CCC(=O)N=C1S[C@@H]2CS(=O)(=O)C[C@H]2N1c1ccc(F)cc1. The molecule has 0 radical (unpaired) electrons. The zero-order valence-electron chi connectivity index (χ0n) is 11.8. The molecule has 2 saturated heterocycles. The molecule has 120 valence electrons. The highest BCUT2D eigenvalue weighted by Gasteiger charge is 2.49. The van der Waals surface area contributed by atoms with E-state index >= 15 is 0 Å². The van der Waals surface area contributed by atoms with Crippen LogP contribution in [0.2, 0.25) is 0 Å². The van der Waals surface area contributed by atoms with Crippen molar-refractivity contribution >= 4 is 38.4 Å². The number of amidine groups is 1. The van der Waals surface area contributed by atoms with Crippen molar-refractivity contribution in [3.8, 4) is 6.07 Å². The number of sulfone groups is 1. The number of hydrogen-bond acceptors (Lipinski definition) is 5. The third-order valence-corrected chi connectivity index (χ3v) is 6.83. The second-order valence-electron chi connectivity index (χ2n) is 5.27. The van der Waals surface area contributed by atoms with Crippen LogP contribution in [-0.2, 0) is 14.6 Å². The number of halogens is 1. The minimum Gasteiger partial charge on any atom is -0.316 e. The van der Waals surface area contributed by atoms with Gasteiger partial charge in [0.2, 0.25) is 0 Å². The van der Waals surface area contributed by atoms with Crippen molar-refractivity contribution in [1.29, 1.82) is 5.26 Å². The molecule has 1 amide bonds. The Labute approximate surface area is 136 Å². The summed E-state index contributed by atoms with van der Waals surface area (Å²) in [5.74, 6) is -1.00. The molecule has 2 fully saturated rings. The second kappa shape index (κ2) is 5.94. The van der Waals surface area contributed by atoms with Gasteiger partial charge in [0.25, 0.3) is 5.91 Å². The van der Waals surface area contributed by atoms with Gasteiger partial charge >= 0.3 is 0 Å². The number of nitrogens with zero attached hydrogens (tertiary/aromatic N) is 3. The summed E-state index contributed by atoms with van der Waals surface area (Å²) in [5, 5.41) is 8.71. The number of aliphatic imine (C=N–C) groups is 1. The van der Waals surface area contributed by atoms with Gasteiger partial charge in [0.1, 0.15) is 12.2 Å². The van der Waals surface area contributed by atoms with E-state index in [0.29, 0.717) is 10.9 Å². The number of fused-ring (bicyclic) bond motifs is 1. The lowest BCUT2D eigenvalue weighted by Crippen LogP contribution is -2.37. The molecule has 2 aliphatic rings. The molecule has 0 N–H and O–H groups in total. The van der Waals surface area contributed by atoms with Gasteiger partial charge in [-0.2, -0.15) is 10.3 Å². The quantitative estimate of drug-likeness (QED) is 0.797. The van der Waals surface area contributed by atoms with E-state index in [1.165, 1.54) is 36.0 Å². The van der Waals surface area contributed by atoms with E-state index in [1.54, 1.807) is 11.0 Å². The van der Waals surface area contributed by atoms with Crippen LogP contribution in [0.4, 0.5) is 10.1 Å². The van der Waals surface area contributed by atoms with Crippen molar-refractivity contribution < 1.29 is 17.6 Å². The summed E-state index contributed by atoms with van der Waals surface area (Å²) < 4.78 is 36.8. The molecule has 6 nitrogen and oxygen atoms in total. The van der Waals surface area contributed by atoms with E-state index in [0.717, 1.165) is 0 Å². The van der Waals surface area contributed by atoms with E-state index in [2.05, 4.69) is 4.99 Å². The van der Waals surface area contributed by atoms with Gasteiger partial charge < -0.3 is 4.90 Å². The van der Waals surface area contributed by atoms with Crippen LogP contribution >= 0.6 is 11.8 Å². The number of thioether (sulfide) groups is 1. The third kappa shape index (κ3) is 3.23. The predicted molar refractivity (Wildman–Crippen MR) is 85.4 cm³/mol. The molecular weight excluding hydrogens is 341 g/mol. The molecule has 9 heteroatoms. The second-order valence-corrected chi connectivity index (χ2v) is 8.63. The van der Waals surface area contributed by atoms with Gasteiger partial charge in [0.05, 0.1) is 23.6 Å². The lowest BCUT2D eigenvalue weighted by molar-refractivity contribution is -0.116. The molecule has 0 aromatic heterocycles. The van der Waals surface area contributed by atoms with E-state index < -0.39 is 21.6 Å². The average molecular weight is 353 g/mol. The van der Waals surface area contributed by atoms with Gasteiger partial charge in [-0.1, -0.05) is 11.8 Å². The number of amides is 1. The largest absolute Gasteiger partial charge is 0.316 e. The van der Waals surface area contributed by atoms with Crippen molar-refractivity contribution in [1.82, 2.24) is 0 Å². The Morgan fingerprint density at radius 2 is 2.09 bits per heavy atom. The molecule has 2 atom stereocenters. The Hall–Kier alpha value is -1.92. The molecule has 0 unspecified atom stereocenters. The average Bonchev–Trinajstić information content (AvgIpc) is 2.91. The first-order chi connectivity index (χ1) is 10.9. The Kier molecular flexibility index (Phi) is 4.12. The maximum atomic E-state index is 13.1. The summed E-state index contributed by atoms with van der Waals surface area (Å²) in [7, 11) is -3.15. The fraction of sp³-hybridized carbons (Fsp3) is 0.357. The van der Waals surface area contributed by atoms with Gasteiger partial charge in [-0.25, -0.2) is 12.8 Å². The number of carbonyl (C=O) groups excluding carboxylic acids is 1. The Morgan fingerprint density at radius 3 is 2.74 bits per heavy atom. The fourth-order valence-electron chi connectivity index (χ4n) is 2.68. The first-order valence-electron chi connectivity index (χ1n) is 6.80. The topological polar surface area (TPSA) is 90.6 Å². The number of nitriles is 1. The van der Waals surface area contributed by atoms with Gasteiger partial charge in [-0.05, 0) is 24.3 Å². The molecule has 2 heterocycles. The zero-order valence-corrected chi connectivity index (χ0v) is 13.5. The van der Waals surface area contributed by atoms with Gasteiger partial charge in [-0.3, -0.25) is 4.79 Å². The standard InChI is InChI=1S/C14H12FN3O3S2/c15-9-1-3-10(4-2-9)18-11-7-23(20,21)8-12(11)22-14(18)17-13(19)5-6-16/h1-4,11-12H,5,7-8H2/t11-,12-/m1/s1. The molecule has 1 aromatic carbocycles. The third-order valence-electron chi connectivity index (χ3n) is 3.62. The Balaban J connectivity index is 1.99. The first-order valence-corrected chi connectivity index (χ1v) is 9.50. The van der Waals surface area contributed by atoms with Crippen LogP contribution in [0.1, 0.15) is 6.42 Å². The van der Waals surface area contributed by atoms with E-state index in [-0.39, 0.29) is 29.2 Å². The highest BCUT2D eigenvalue weighted by molar-refractivity contribution is 8.16. The minimum atomic E-state index is -3.15. The zero-order chi connectivity index (χ0) is 16.6. The monoisotopic (exact) mass is 353 g/mol. The Bertz CT molecular complexity index is 815. The number of carbonyl (C=O) groups is 1. The maximum absolute atomic E-state index is 13.1. The minimum absolute atomic E-state index is 0.0193. The smallest absolute Gasteiger partial charge is 0.262 e. The van der Waals surface area contributed by atoms with Crippen LogP contribution < -0.4 is 4.90 Å². The molecule has 0 saturated carbocycles.